The molecule has 4 fully saturated rings. The first-order chi connectivity index (χ1) is 69.1. The van der Waals surface area contributed by atoms with Crippen LogP contribution in [0, 0.1) is 0 Å². The van der Waals surface area contributed by atoms with E-state index < -0.39 is 5.97 Å². The van der Waals surface area contributed by atoms with Gasteiger partial charge in [0.15, 0.2) is 5.78 Å². The number of nitrogens with one attached hydrogen (secondary N) is 2. The smallest absolute Gasteiger partial charge is 0.409 e. The maximum absolute atomic E-state index is 11.9. The highest BCUT2D eigenvalue weighted by Crippen LogP contribution is 2.36. The number of carbonyl (C=O) groups is 5. The Balaban J connectivity index is 0.000000349. The van der Waals surface area contributed by atoms with E-state index in [0.717, 1.165) is 160 Å². The van der Waals surface area contributed by atoms with E-state index in [-0.39, 0.29) is 99.5 Å². The molecule has 0 aromatic heterocycles. The molecule has 4 heterocycles. The predicted molar refractivity (Wildman–Crippen MR) is 610 cm³/mol. The summed E-state index contributed by atoms with van der Waals surface area (Å²) < 4.78 is 10.00. The average molecular weight is 2250 g/mol. The van der Waals surface area contributed by atoms with Crippen LogP contribution in [-0.2, 0) is 19.1 Å². The summed E-state index contributed by atoms with van der Waals surface area (Å²) in [5.74, 6) is -0.555. The minimum Gasteiger partial charge on any atom is -0.483 e. The minimum absolute atomic E-state index is 0. The molecule has 0 aliphatic carbocycles. The van der Waals surface area contributed by atoms with Crippen molar-refractivity contribution in [1.29, 1.82) is 0 Å². The van der Waals surface area contributed by atoms with Crippen LogP contribution in [0.3, 0.4) is 0 Å². The third-order valence-electron chi connectivity index (χ3n) is 22.7. The minimum atomic E-state index is -0.923. The van der Waals surface area contributed by atoms with Gasteiger partial charge in [0.1, 0.15) is 12.9 Å². The number of nitrogens with zero attached hydrogens (tertiary/aromatic N) is 6. The molecular weight excluding hydrogens is 2120 g/mol. The van der Waals surface area contributed by atoms with Gasteiger partial charge in [-0.25, -0.2) is 9.59 Å². The van der Waals surface area contributed by atoms with Crippen LogP contribution in [0.1, 0.15) is 125 Å². The molecule has 146 heavy (non-hydrogen) atoms. The van der Waals surface area contributed by atoms with Crippen molar-refractivity contribution in [3.8, 4) is 0 Å². The fraction of sp³-hybridized carbons (Fsp3) is 0.272. The lowest BCUT2D eigenvalue weighted by Crippen LogP contribution is -2.48. The van der Waals surface area contributed by atoms with Crippen LogP contribution >= 0.6 is 134 Å². The molecule has 11 N–H and O–H groups in total. The van der Waals surface area contributed by atoms with E-state index in [1.165, 1.54) is 44.5 Å². The molecule has 4 aliphatic heterocycles. The van der Waals surface area contributed by atoms with E-state index in [4.69, 9.17) is 133 Å². The number of β-amino-alcohol motifs (C(OH)–C–C–N with tert-alkyl or cyclic N) is 1. The summed E-state index contributed by atoms with van der Waals surface area (Å²) in [6.45, 7) is 19.4. The second-order valence-electron chi connectivity index (χ2n) is 32.4. The van der Waals surface area contributed by atoms with Crippen LogP contribution in [0.5, 0.6) is 0 Å². The largest absolute Gasteiger partial charge is 0.483 e. The van der Waals surface area contributed by atoms with E-state index in [0.29, 0.717) is 51.9 Å². The molecule has 5 unspecified atom stereocenters. The number of hydrogen-bond acceptors (Lipinski definition) is 18. The van der Waals surface area contributed by atoms with Gasteiger partial charge in [-0.2, -0.15) is 0 Å². The zero-order valence-electron chi connectivity index (χ0n) is 80.8. The molecule has 782 valence electrons. The number of ether oxygens (including phenoxy) is 2. The zero-order valence-corrected chi connectivity index (χ0v) is 90.1. The molecule has 17 rings (SSSR count). The van der Waals surface area contributed by atoms with Gasteiger partial charge in [0.05, 0.1) is 55.4 Å². The van der Waals surface area contributed by atoms with Crippen molar-refractivity contribution in [3.05, 3.63) is 459 Å². The van der Waals surface area contributed by atoms with Crippen molar-refractivity contribution in [3.63, 3.8) is 0 Å². The molecule has 5 atom stereocenters. The molecule has 13 aromatic carbocycles. The maximum Gasteiger partial charge on any atom is 0.409 e. The molecular formula is C114H133BrCl10N10O11. The van der Waals surface area contributed by atoms with Crippen molar-refractivity contribution < 1.29 is 53.9 Å². The molecule has 13 aromatic rings. The first kappa shape index (κ1) is 129. The van der Waals surface area contributed by atoms with Gasteiger partial charge in [-0.1, -0.05) is 359 Å². The third-order valence-corrected chi connectivity index (χ3v) is 25.7. The van der Waals surface area contributed by atoms with Gasteiger partial charge >= 0.3 is 12.1 Å². The van der Waals surface area contributed by atoms with Gasteiger partial charge < -0.3 is 57.3 Å². The molecule has 0 bridgehead atoms. The topological polar surface area (TPSA) is 289 Å². The third kappa shape index (κ3) is 47.4. The van der Waals surface area contributed by atoms with Gasteiger partial charge in [0.25, 0.3) is 6.47 Å². The number of aliphatic carboxylic acids is 1. The molecule has 1 amide bonds. The summed E-state index contributed by atoms with van der Waals surface area (Å²) in [4.78, 5) is 66.1. The van der Waals surface area contributed by atoms with Gasteiger partial charge in [-0.15, -0.1) is 36.4 Å². The highest BCUT2D eigenvalue weighted by molar-refractivity contribution is 9.09. The number of halogens is 11. The Morgan fingerprint density at radius 2 is 0.658 bits per heavy atom. The van der Waals surface area contributed by atoms with Crippen molar-refractivity contribution in [2.24, 2.45) is 5.73 Å². The lowest BCUT2D eigenvalue weighted by Gasteiger charge is -2.39. The summed E-state index contributed by atoms with van der Waals surface area (Å²) in [6.07, 6.45) is 0.602. The lowest BCUT2D eigenvalue weighted by molar-refractivity contribution is -0.142. The standard InChI is InChI=1S/C21H25ClN2O3.C19H23ClN2O.C17H19ClN2.C13H10BrCl.C13H12ClN.C13H9ClO.C7H5ClO.C7H14N2O2.C2H5ClO.CH2O2.CH4.2ClH.H3N/c22-19-8-6-18(7-9-19)21(17-4-2-1-3-5-17)24-12-10-23(11-13-24)14-15-27-16-20(25)26;20-18-8-6-17(7-9-18)19(16-4-2-1-3-5-16)22-12-10-21(11-13-22)14-15-23;18-16-8-6-15(7-9-16)17(14-4-2-1-3-5-14)20-12-10-19-11-13-20;14-13(10-4-2-1-3-5-10)11-6-8-12(15)9-7-11;2*14-12-8-6-11(7-9-12)13(15)10-4-2-1-3-5-10;8-7-3-1-6(5-9)2-4-7;1-2-11-7(10)9-5-3-8-4-6-9;3-1-2-4;2-1-3;;;;/h1-9,21H,10-16H2,(H,25,26);1-9,19,23H,10-15H2;1-9,17,19H,10-13H2;1-9,13H;1-9,13H,15H2;1-9H;1-5H;8H,2-6H2,1H3;4H,1-2H2;1H,(H,2,3);1H4;2*1H;1H3. The molecule has 0 radical (unpaired) electrons. The fourth-order valence-corrected chi connectivity index (χ4v) is 17.0. The summed E-state index contributed by atoms with van der Waals surface area (Å²) in [7, 11) is 0. The number of carbonyl (C=O) groups excluding carboxylic acids is 3. The lowest BCUT2D eigenvalue weighted by atomic mass is 9.96. The second-order valence-corrected chi connectivity index (χ2v) is 36.7. The summed E-state index contributed by atoms with van der Waals surface area (Å²) >= 11 is 49.7. The average Bonchev–Trinajstić information content (AvgIpc) is 0.810. The van der Waals surface area contributed by atoms with Crippen LogP contribution in [0.25, 0.3) is 0 Å². The normalized spacial score (nSPS) is 14.2. The van der Waals surface area contributed by atoms with E-state index in [1.54, 1.807) is 65.6 Å². The summed E-state index contributed by atoms with van der Waals surface area (Å²) in [6, 6.07) is 116. The fourth-order valence-electron chi connectivity index (χ4n) is 15.5. The quantitative estimate of drug-likeness (QED) is 0.0114. The van der Waals surface area contributed by atoms with E-state index in [1.807, 2.05) is 165 Å². The molecule has 32 heteroatoms. The molecule has 4 saturated heterocycles. The van der Waals surface area contributed by atoms with E-state index in [9.17, 15) is 19.2 Å². The van der Waals surface area contributed by atoms with Gasteiger partial charge in [-0.05, 0) is 160 Å². The van der Waals surface area contributed by atoms with Crippen molar-refractivity contribution in [2.75, 3.05) is 157 Å². The van der Waals surface area contributed by atoms with E-state index in [2.05, 4.69) is 185 Å². The number of piperazine rings is 4. The number of aldehydes is 1. The number of nitrogens with two attached hydrogens (primary N) is 1. The van der Waals surface area contributed by atoms with Crippen LogP contribution in [0.2, 0.25) is 35.2 Å². The number of carboxylic acids is 1. The number of hydrogen-bond donors (Lipinski definition) is 8. The maximum atomic E-state index is 11.9. The summed E-state index contributed by atoms with van der Waals surface area (Å²) in [5, 5.41) is 44.1. The first-order valence-corrected chi connectivity index (χ1v) is 50.8. The Hall–Kier alpha value is -9.69. The van der Waals surface area contributed by atoms with Gasteiger partial charge in [0.2, 0.25) is 0 Å². The Labute approximate surface area is 921 Å². The number of alkyl halides is 2. The first-order valence-electron chi connectivity index (χ1n) is 46.7. The van der Waals surface area contributed by atoms with Crippen molar-refractivity contribution in [1.82, 2.24) is 46.2 Å². The van der Waals surface area contributed by atoms with Crippen LogP contribution < -0.4 is 22.5 Å². The Kier molecular flexibility index (Phi) is 66.1. The number of amides is 1. The van der Waals surface area contributed by atoms with Gasteiger partial charge in [-0.3, -0.25) is 38.9 Å². The second kappa shape index (κ2) is 75.1. The summed E-state index contributed by atoms with van der Waals surface area (Å²) in [5.41, 5.74) is 20.5. The van der Waals surface area contributed by atoms with Crippen molar-refractivity contribution in [2.45, 2.75) is 43.3 Å². The van der Waals surface area contributed by atoms with Gasteiger partial charge in [0, 0.05) is 176 Å². The van der Waals surface area contributed by atoms with Crippen LogP contribution in [0.15, 0.2) is 352 Å². The Morgan fingerprint density at radius 1 is 0.390 bits per heavy atom. The number of aliphatic hydroxyl groups excluding tert-OH is 2. The number of benzene rings is 13. The Morgan fingerprint density at radius 3 is 0.986 bits per heavy atom. The zero-order chi connectivity index (χ0) is 102. The van der Waals surface area contributed by atoms with Crippen LogP contribution in [-0.4, -0.2) is 237 Å². The number of carboxylic acid groups (broad SMARTS) is 2. The highest BCUT2D eigenvalue weighted by atomic mass is 79.9. The number of ketones is 1. The van der Waals surface area contributed by atoms with Crippen molar-refractivity contribution >= 4 is 164 Å². The Bertz CT molecular complexity index is 5540. The molecule has 0 saturated carbocycles. The SMILES string of the molecule is C.CCOC(=O)N1CCNCC1.Cl.Cl.Clc1ccc(C(Br)c2ccccc2)cc1.Clc1ccc(C(c2ccccc2)N2CCNCC2)cc1.N.NC(c1ccccc1)c1ccc(Cl)cc1.O=C(O)COCCN1CCN(C(c2ccccc2)c2ccc(Cl)cc2)CC1.O=C(c1ccccc1)c1ccc(Cl)cc1.O=CO.O=Cc1ccc(Cl)cc1.OCCCl.OCCN1CCN(C(c2ccccc2)c2ccc(Cl)cc2)CC1. The molecule has 0 spiro atoms. The molecule has 4 aliphatic rings. The molecule has 21 nitrogen and oxygen atoms in total. The highest BCUT2D eigenvalue weighted by Gasteiger charge is 2.30. The van der Waals surface area contributed by atoms with E-state index >= 15 is 0 Å². The predicted octanol–water partition coefficient (Wildman–Crippen LogP) is 25.1. The number of aliphatic hydroxyl groups is 2. The monoisotopic (exact) mass is 2250 g/mol. The number of rotatable bonds is 25. The van der Waals surface area contributed by atoms with Crippen LogP contribution in [0.4, 0.5) is 4.79 Å².